The van der Waals surface area contributed by atoms with Crippen LogP contribution in [0.5, 0.6) is 0 Å². The van der Waals surface area contributed by atoms with Crippen molar-refractivity contribution in [3.8, 4) is 22.3 Å². The highest BCUT2D eigenvalue weighted by atomic mass is 14.3. The van der Waals surface area contributed by atoms with Gasteiger partial charge in [0.2, 0.25) is 0 Å². The number of fused-ring (bicyclic) bond motifs is 4. The van der Waals surface area contributed by atoms with E-state index >= 15 is 0 Å². The van der Waals surface area contributed by atoms with Crippen molar-refractivity contribution in [2.24, 2.45) is 0 Å². The van der Waals surface area contributed by atoms with Crippen LogP contribution in [0.25, 0.3) is 65.3 Å². The second kappa shape index (κ2) is 11.8. The predicted octanol–water partition coefficient (Wildman–Crippen LogP) is -8.46. The lowest BCUT2D eigenvalue weighted by atomic mass is 9.56. The van der Waals surface area contributed by atoms with Crippen molar-refractivity contribution in [2.75, 3.05) is 0 Å². The first kappa shape index (κ1) is 34.0. The molecule has 30 radical (unpaired) electrons. The van der Waals surface area contributed by atoms with Crippen LogP contribution in [0.4, 0.5) is 0 Å². The van der Waals surface area contributed by atoms with E-state index < -0.39 is 0 Å². The van der Waals surface area contributed by atoms with Crippen molar-refractivity contribution in [3.63, 3.8) is 0 Å². The van der Waals surface area contributed by atoms with Crippen LogP contribution in [0.1, 0.15) is 0 Å². The average molecular weight is 578 g/mol. The van der Waals surface area contributed by atoms with Gasteiger partial charge in [0.1, 0.15) is 118 Å². The summed E-state index contributed by atoms with van der Waals surface area (Å²) in [5.74, 6) is 0. The molecule has 0 aliphatic carbocycles. The minimum absolute atomic E-state index is 0.00700. The number of hydrogen-bond acceptors (Lipinski definition) is 0. The zero-order valence-electron chi connectivity index (χ0n) is 26.2. The van der Waals surface area contributed by atoms with Crippen molar-refractivity contribution in [1.82, 2.24) is 0 Å². The highest BCUT2D eigenvalue weighted by Gasteiger charge is 2.27. The maximum Gasteiger partial charge on any atom is 0.113 e. The summed E-state index contributed by atoms with van der Waals surface area (Å²) >= 11 is 0. The molecule has 0 amide bonds. The lowest BCUT2D eigenvalue weighted by molar-refractivity contribution is 1.73. The summed E-state index contributed by atoms with van der Waals surface area (Å²) in [5, 5.41) is 3.66. The van der Waals surface area contributed by atoms with Gasteiger partial charge >= 0.3 is 0 Å². The van der Waals surface area contributed by atoms with Gasteiger partial charge in [0, 0.05) is 0 Å². The number of hydrogen-bond donors (Lipinski definition) is 0. The monoisotopic (exact) mass is 580 g/mol. The first-order valence-corrected chi connectivity index (χ1v) is 14.9. The van der Waals surface area contributed by atoms with Crippen molar-refractivity contribution in [3.05, 3.63) is 42.5 Å². The van der Waals surface area contributed by atoms with Crippen LogP contribution in [0.15, 0.2) is 42.5 Å². The molecule has 0 saturated heterocycles. The third-order valence-electron chi connectivity index (χ3n) is 9.63. The molecule has 15 heteroatoms. The molecule has 7 aromatic carbocycles. The Labute approximate surface area is 306 Å². The summed E-state index contributed by atoms with van der Waals surface area (Å²) < 4.78 is 0. The van der Waals surface area contributed by atoms with E-state index in [1.807, 2.05) is 42.5 Å². The van der Waals surface area contributed by atoms with Gasteiger partial charge in [-0.05, 0) is 71.4 Å². The Balaban J connectivity index is 1.91. The fourth-order valence-corrected chi connectivity index (χ4v) is 7.01. The molecule has 0 aliphatic heterocycles. The Morgan fingerprint density at radius 1 is 0.245 bits per heavy atom. The van der Waals surface area contributed by atoms with E-state index in [9.17, 15) is 0 Å². The standard InChI is InChI=1S/C34H7B15/c35-20-13-11(10-6-5-8-3-1-2-4-9(8)7-10)14-16(24(39)32(47)30(45)21(14)36)12(15(13)23(38)31(46)29(20)44)17-18-19(26(41)28(43)22(17)37)27(42)34(49)33(48)25(18)40/h1-7H. The van der Waals surface area contributed by atoms with Crippen LogP contribution < -0.4 is 81.9 Å². The molecule has 0 heterocycles. The minimum atomic E-state index is -0.0254. The molecule has 0 fully saturated rings. The van der Waals surface area contributed by atoms with Crippen LogP contribution in [0.3, 0.4) is 0 Å². The van der Waals surface area contributed by atoms with Gasteiger partial charge in [-0.3, -0.25) is 0 Å². The maximum absolute atomic E-state index is 6.91. The lowest BCUT2D eigenvalue weighted by Gasteiger charge is -2.31. The summed E-state index contributed by atoms with van der Waals surface area (Å²) in [6.45, 7) is 0. The van der Waals surface area contributed by atoms with Crippen LogP contribution >= 0.6 is 0 Å². The second-order valence-corrected chi connectivity index (χ2v) is 12.1. The average Bonchev–Trinajstić information content (AvgIpc) is 3.10. The van der Waals surface area contributed by atoms with Gasteiger partial charge in [-0.2, -0.15) is 0 Å². The van der Waals surface area contributed by atoms with Gasteiger partial charge < -0.3 is 0 Å². The summed E-state index contributed by atoms with van der Waals surface area (Å²) in [4.78, 5) is 0. The third-order valence-corrected chi connectivity index (χ3v) is 9.63. The minimum Gasteiger partial charge on any atom is -0.110 e. The molecule has 188 valence electrons. The van der Waals surface area contributed by atoms with Crippen molar-refractivity contribution in [1.29, 1.82) is 0 Å². The van der Waals surface area contributed by atoms with Gasteiger partial charge in [-0.1, -0.05) is 80.1 Å². The van der Waals surface area contributed by atoms with Crippen LogP contribution in [-0.4, -0.2) is 118 Å². The van der Waals surface area contributed by atoms with E-state index in [1.165, 1.54) is 0 Å². The van der Waals surface area contributed by atoms with E-state index in [0.717, 1.165) is 10.8 Å². The molecule has 0 N–H and O–H groups in total. The van der Waals surface area contributed by atoms with Crippen molar-refractivity contribution < 1.29 is 0 Å². The van der Waals surface area contributed by atoms with Crippen LogP contribution in [0.2, 0.25) is 0 Å². The molecule has 0 bridgehead atoms. The summed E-state index contributed by atoms with van der Waals surface area (Å²) in [6.07, 6.45) is 0. The fourth-order valence-electron chi connectivity index (χ4n) is 7.01. The second-order valence-electron chi connectivity index (χ2n) is 12.1. The molecule has 0 atom stereocenters. The summed E-state index contributed by atoms with van der Waals surface area (Å²) in [6, 6.07) is 13.7. The Bertz CT molecular complexity index is 2570. The maximum atomic E-state index is 6.91. The smallest absolute Gasteiger partial charge is 0.110 e. The van der Waals surface area contributed by atoms with Crippen LogP contribution in [0, 0.1) is 0 Å². The van der Waals surface area contributed by atoms with E-state index in [0.29, 0.717) is 32.7 Å². The number of benzene rings is 7. The van der Waals surface area contributed by atoms with E-state index in [2.05, 4.69) is 0 Å². The van der Waals surface area contributed by atoms with Gasteiger partial charge in [0.15, 0.2) is 0 Å². The third kappa shape index (κ3) is 4.59. The molecule has 0 saturated carbocycles. The molecule has 7 aromatic rings. The van der Waals surface area contributed by atoms with Gasteiger partial charge in [0.05, 0.1) is 0 Å². The Morgan fingerprint density at radius 3 is 1.00 bits per heavy atom. The molecule has 49 heavy (non-hydrogen) atoms. The van der Waals surface area contributed by atoms with Crippen LogP contribution in [-0.2, 0) is 0 Å². The van der Waals surface area contributed by atoms with Gasteiger partial charge in [0.25, 0.3) is 0 Å². The molecule has 0 aliphatic rings. The molecule has 0 unspecified atom stereocenters. The Hall–Kier alpha value is -3.45. The van der Waals surface area contributed by atoms with E-state index in [1.54, 1.807) is 0 Å². The summed E-state index contributed by atoms with van der Waals surface area (Å²) in [7, 11) is 99.6. The molecule has 0 aromatic heterocycles. The molecule has 0 nitrogen and oxygen atoms in total. The fraction of sp³-hybridized carbons (Fsp3) is 0. The van der Waals surface area contributed by atoms with E-state index in [-0.39, 0.29) is 104 Å². The highest BCUT2D eigenvalue weighted by Crippen LogP contribution is 2.41. The highest BCUT2D eigenvalue weighted by molar-refractivity contribution is 6.74. The van der Waals surface area contributed by atoms with Gasteiger partial charge in [-0.25, -0.2) is 0 Å². The topological polar surface area (TPSA) is 0 Å². The quantitative estimate of drug-likeness (QED) is 0.142. The van der Waals surface area contributed by atoms with Crippen molar-refractivity contribution >= 4 is 243 Å². The number of rotatable bonds is 2. The normalized spacial score (nSPS) is 11.7. The predicted molar refractivity (Wildman–Crippen MR) is 228 cm³/mol. The molecular weight excluding hydrogens is 571 g/mol. The van der Waals surface area contributed by atoms with E-state index in [4.69, 9.17) is 118 Å². The SMILES string of the molecule is [B]c1c([B])c([B])c2c(-c3c4c([B])c([B])c([B])c([B])c4c(-c4ccc5ccccc5c4)c4c([B])c([B])c([B])c([B])c34)c([B])c([B])c([B])c2c1[B]. The summed E-state index contributed by atoms with van der Waals surface area (Å²) in [5.41, 5.74) is 2.08. The molecular formula is C34H7B15. The largest absolute Gasteiger partial charge is 0.113 e. The first-order valence-electron chi connectivity index (χ1n) is 14.9. The molecule has 7 rings (SSSR count). The first-order chi connectivity index (χ1) is 23.1. The zero-order chi connectivity index (χ0) is 35.5. The Morgan fingerprint density at radius 2 is 0.571 bits per heavy atom. The Kier molecular flexibility index (Phi) is 8.21. The van der Waals surface area contributed by atoms with Crippen molar-refractivity contribution in [2.45, 2.75) is 0 Å². The van der Waals surface area contributed by atoms with Gasteiger partial charge in [-0.15, -0.1) is 38.2 Å². The molecule has 0 spiro atoms. The zero-order valence-corrected chi connectivity index (χ0v) is 26.2. The lowest BCUT2D eigenvalue weighted by Crippen LogP contribution is -2.53.